The van der Waals surface area contributed by atoms with Gasteiger partial charge in [-0.05, 0) is 107 Å². The van der Waals surface area contributed by atoms with Crippen LogP contribution in [0.1, 0.15) is 84.3 Å². The number of hydrogen-bond donors (Lipinski definition) is 0. The Labute approximate surface area is 319 Å². The quantitative estimate of drug-likeness (QED) is 0.101. The molecular weight excluding hydrogens is 673 g/mol. The number of nitrogens with zero attached hydrogens (tertiary/aromatic N) is 6. The molecule has 1 fully saturated rings. The third-order valence-corrected chi connectivity index (χ3v) is 9.93. The van der Waals surface area contributed by atoms with Crippen molar-refractivity contribution < 1.29 is 14.3 Å². The maximum Gasteiger partial charge on any atom is 0.328 e. The molecule has 0 unspecified atom stereocenters. The lowest BCUT2D eigenvalue weighted by atomic mass is 10.00. The highest BCUT2D eigenvalue weighted by Crippen LogP contribution is 2.25. The summed E-state index contributed by atoms with van der Waals surface area (Å²) in [5, 5.41) is 0. The number of carbonyl (C=O) groups excluding carboxylic acids is 2. The Morgan fingerprint density at radius 1 is 0.926 bits per heavy atom. The lowest BCUT2D eigenvalue weighted by Crippen LogP contribution is -2.46. The number of pyridine rings is 2. The second-order valence-corrected chi connectivity index (χ2v) is 14.5. The Kier molecular flexibility index (Phi) is 12.8. The average molecular weight is 725 g/mol. The van der Waals surface area contributed by atoms with Crippen LogP contribution in [0.15, 0.2) is 97.3 Å². The molecule has 280 valence electrons. The summed E-state index contributed by atoms with van der Waals surface area (Å²) in [5.74, 6) is 0.433. The van der Waals surface area contributed by atoms with Gasteiger partial charge in [-0.3, -0.25) is 14.7 Å². The Morgan fingerprint density at radius 2 is 1.67 bits per heavy atom. The molecule has 5 aromatic rings. The zero-order valence-corrected chi connectivity index (χ0v) is 32.2. The number of aromatic nitrogens is 4. The van der Waals surface area contributed by atoms with Gasteiger partial charge in [-0.2, -0.15) is 0 Å². The molecule has 0 radical (unpaired) electrons. The summed E-state index contributed by atoms with van der Waals surface area (Å²) < 4.78 is 7.66. The van der Waals surface area contributed by atoms with E-state index >= 15 is 0 Å². The number of hydrogen-bond acceptors (Lipinski definition) is 7. The molecule has 9 nitrogen and oxygen atoms in total. The molecule has 0 spiro atoms. The number of esters is 1. The topological polar surface area (TPSA) is 93.5 Å². The van der Waals surface area contributed by atoms with Crippen LogP contribution in [0.3, 0.4) is 0 Å². The van der Waals surface area contributed by atoms with Crippen LogP contribution in [-0.2, 0) is 16.1 Å². The zero-order valence-electron chi connectivity index (χ0n) is 32.2. The number of fused-ring (bicyclic) bond motifs is 1. The number of benzene rings is 2. The highest BCUT2D eigenvalue weighted by Gasteiger charge is 2.31. The Bertz CT molecular complexity index is 2090. The first-order valence-electron chi connectivity index (χ1n) is 19.2. The Hall–Kier alpha value is -5.41. The van der Waals surface area contributed by atoms with Gasteiger partial charge in [0.15, 0.2) is 0 Å². The monoisotopic (exact) mass is 724 g/mol. The van der Waals surface area contributed by atoms with Crippen LogP contribution in [0, 0.1) is 19.8 Å². The minimum atomic E-state index is -0.740. The van der Waals surface area contributed by atoms with E-state index in [-0.39, 0.29) is 25.0 Å². The van der Waals surface area contributed by atoms with Crippen LogP contribution < -0.4 is 0 Å². The minimum Gasteiger partial charge on any atom is -0.464 e. The third kappa shape index (κ3) is 9.57. The first-order chi connectivity index (χ1) is 26.2. The van der Waals surface area contributed by atoms with Crippen molar-refractivity contribution in [2.75, 3.05) is 32.8 Å². The number of imidazole rings is 1. The molecule has 1 amide bonds. The molecule has 3 aromatic heterocycles. The highest BCUT2D eigenvalue weighted by atomic mass is 16.5. The molecule has 9 heteroatoms. The maximum absolute atomic E-state index is 14.3. The standard InChI is InChI=1S/C45H52N6O3/c1-6-54-45(53)43(29-32(2)3)50(44(52)37-20-16-35(17-21-37)31-51-34(5)47-41-30-46-24-22-42(41)51)27-10-12-38-11-9-13-40(48-38)39(23-28-49-25-7-8-26-49)36-18-14-33(4)15-19-36/h9-24,30,32,43H,6-8,25-29,31H2,1-5H3/b12-10+,39-23+/t43-/m0/s1. The zero-order chi connectivity index (χ0) is 38.0. The Morgan fingerprint density at radius 3 is 2.39 bits per heavy atom. The predicted octanol–water partition coefficient (Wildman–Crippen LogP) is 8.15. The van der Waals surface area contributed by atoms with E-state index in [0.717, 1.165) is 64.6 Å². The van der Waals surface area contributed by atoms with Crippen molar-refractivity contribution in [3.05, 3.63) is 137 Å². The summed E-state index contributed by atoms with van der Waals surface area (Å²) in [6.07, 6.45) is 12.7. The number of amides is 1. The second kappa shape index (κ2) is 18.1. The van der Waals surface area contributed by atoms with Crippen molar-refractivity contribution in [2.24, 2.45) is 5.92 Å². The molecule has 6 rings (SSSR count). The summed E-state index contributed by atoms with van der Waals surface area (Å²) >= 11 is 0. The maximum atomic E-state index is 14.3. The molecule has 1 aliphatic rings. The smallest absolute Gasteiger partial charge is 0.328 e. The summed E-state index contributed by atoms with van der Waals surface area (Å²) in [6, 6.07) is 23.5. The van der Waals surface area contributed by atoms with Crippen molar-refractivity contribution in [3.63, 3.8) is 0 Å². The summed E-state index contributed by atoms with van der Waals surface area (Å²) in [7, 11) is 0. The highest BCUT2D eigenvalue weighted by molar-refractivity contribution is 5.97. The molecule has 0 aliphatic carbocycles. The van der Waals surface area contributed by atoms with Gasteiger partial charge in [0.2, 0.25) is 0 Å². The molecule has 4 heterocycles. The largest absolute Gasteiger partial charge is 0.464 e. The van der Waals surface area contributed by atoms with Crippen LogP contribution >= 0.6 is 0 Å². The van der Waals surface area contributed by atoms with Gasteiger partial charge in [0.05, 0.1) is 29.7 Å². The van der Waals surface area contributed by atoms with Gasteiger partial charge in [0.25, 0.3) is 5.91 Å². The lowest BCUT2D eigenvalue weighted by Gasteiger charge is -2.30. The van der Waals surface area contributed by atoms with E-state index in [1.165, 1.54) is 18.4 Å². The summed E-state index contributed by atoms with van der Waals surface area (Å²) in [4.78, 5) is 45.7. The number of likely N-dealkylation sites (tertiary alicyclic amines) is 1. The molecule has 2 aromatic carbocycles. The van der Waals surface area contributed by atoms with Crippen molar-refractivity contribution in [1.82, 2.24) is 29.3 Å². The minimum absolute atomic E-state index is 0.162. The van der Waals surface area contributed by atoms with Gasteiger partial charge < -0.3 is 14.2 Å². The van der Waals surface area contributed by atoms with Crippen LogP contribution in [0.4, 0.5) is 0 Å². The number of ether oxygens (including phenoxy) is 1. The molecule has 1 saturated heterocycles. The second-order valence-electron chi connectivity index (χ2n) is 14.5. The van der Waals surface area contributed by atoms with Gasteiger partial charge in [0, 0.05) is 37.0 Å². The molecule has 0 saturated carbocycles. The van der Waals surface area contributed by atoms with Crippen LogP contribution in [0.2, 0.25) is 0 Å². The first-order valence-corrected chi connectivity index (χ1v) is 19.2. The van der Waals surface area contributed by atoms with E-state index in [9.17, 15) is 9.59 Å². The van der Waals surface area contributed by atoms with E-state index in [1.54, 1.807) is 24.2 Å². The summed E-state index contributed by atoms with van der Waals surface area (Å²) in [5.41, 5.74) is 8.52. The molecule has 1 aliphatic heterocycles. The van der Waals surface area contributed by atoms with Gasteiger partial charge in [-0.25, -0.2) is 14.8 Å². The van der Waals surface area contributed by atoms with Crippen LogP contribution in [-0.4, -0.2) is 80.0 Å². The number of carbonyl (C=O) groups is 2. The van der Waals surface area contributed by atoms with Gasteiger partial charge in [-0.1, -0.05) is 74.0 Å². The van der Waals surface area contributed by atoms with Gasteiger partial charge >= 0.3 is 5.97 Å². The van der Waals surface area contributed by atoms with Crippen LogP contribution in [0.5, 0.6) is 0 Å². The van der Waals surface area contributed by atoms with Gasteiger partial charge in [0.1, 0.15) is 17.4 Å². The van der Waals surface area contributed by atoms with E-state index in [2.05, 4.69) is 76.6 Å². The Balaban J connectivity index is 1.25. The fourth-order valence-electron chi connectivity index (χ4n) is 7.06. The third-order valence-electron chi connectivity index (χ3n) is 9.93. The first kappa shape index (κ1) is 38.3. The van der Waals surface area contributed by atoms with Crippen molar-refractivity contribution in [3.8, 4) is 0 Å². The molecule has 0 bridgehead atoms. The van der Waals surface area contributed by atoms with Crippen molar-refractivity contribution >= 4 is 34.6 Å². The lowest BCUT2D eigenvalue weighted by molar-refractivity contribution is -0.149. The van der Waals surface area contributed by atoms with E-state index < -0.39 is 12.0 Å². The average Bonchev–Trinajstić information content (AvgIpc) is 3.81. The summed E-state index contributed by atoms with van der Waals surface area (Å²) in [6.45, 7) is 14.2. The van der Waals surface area contributed by atoms with Crippen molar-refractivity contribution in [1.29, 1.82) is 0 Å². The molecule has 1 atom stereocenters. The fourth-order valence-corrected chi connectivity index (χ4v) is 7.06. The van der Waals surface area contributed by atoms with E-state index in [4.69, 9.17) is 9.72 Å². The van der Waals surface area contributed by atoms with Gasteiger partial charge in [-0.15, -0.1) is 0 Å². The van der Waals surface area contributed by atoms with Crippen molar-refractivity contribution in [2.45, 2.75) is 66.5 Å². The normalized spacial score (nSPS) is 14.3. The molecule has 0 N–H and O–H groups in total. The predicted molar refractivity (Wildman–Crippen MR) is 216 cm³/mol. The van der Waals surface area contributed by atoms with E-state index in [1.807, 2.05) is 61.5 Å². The SMILES string of the molecule is CCOC(=O)[C@H](CC(C)C)N(C/C=C/c1cccc(/C(=C/CN2CCCC2)c2ccc(C)cc2)n1)C(=O)c1ccc(Cn2c(C)nc3cnccc32)cc1. The number of aryl methyl sites for hydroxylation is 2. The molecule has 54 heavy (non-hydrogen) atoms. The fraction of sp³-hybridized carbons (Fsp3) is 0.356. The molecular formula is C45H52N6O3. The van der Waals surface area contributed by atoms with E-state index in [0.29, 0.717) is 18.5 Å². The number of rotatable bonds is 15. The van der Waals surface area contributed by atoms with Crippen LogP contribution in [0.25, 0.3) is 22.7 Å².